The lowest BCUT2D eigenvalue weighted by atomic mass is 10.2. The fourth-order valence-electron chi connectivity index (χ4n) is 0.783. The van der Waals surface area contributed by atoms with Gasteiger partial charge in [0.2, 0.25) is 0 Å². The summed E-state index contributed by atoms with van der Waals surface area (Å²) >= 11 is 5.45. The minimum Gasteiger partial charge on any atom is -0.545 e. The lowest BCUT2D eigenvalue weighted by Gasteiger charge is -2.03. The molecule has 0 saturated heterocycles. The monoisotopic (exact) mass is 218 g/mol. The third-order valence-electron chi connectivity index (χ3n) is 1.38. The Morgan fingerprint density at radius 2 is 2.00 bits per heavy atom. The average Bonchev–Trinajstić information content (AvgIpc) is 2.04. The molecular weight excluding hydrogens is 212 g/mol. The molecule has 14 heavy (non-hydrogen) atoms. The van der Waals surface area contributed by atoms with Crippen LogP contribution in [0.2, 0.25) is 5.02 Å². The van der Waals surface area contributed by atoms with Gasteiger partial charge in [-0.2, -0.15) is 0 Å². The smallest absolute Gasteiger partial charge is 0.270 e. The summed E-state index contributed by atoms with van der Waals surface area (Å²) in [6.07, 6.45) is 0. The molecule has 1 aromatic rings. The summed E-state index contributed by atoms with van der Waals surface area (Å²) in [6.45, 7) is 0. The van der Waals surface area contributed by atoms with Crippen molar-refractivity contribution in [3.8, 4) is 0 Å². The molecule has 6 nitrogen and oxygen atoms in total. The van der Waals surface area contributed by atoms with E-state index in [-0.39, 0.29) is 22.4 Å². The molecule has 0 aliphatic carbocycles. The first-order valence-electron chi connectivity index (χ1n) is 3.17. The molecule has 0 atom stereocenters. The number of aromatic carboxylic acids is 1. The molecule has 0 fully saturated rings. The zero-order valence-electron chi connectivity index (χ0n) is 7.19. The predicted molar refractivity (Wildman–Crippen MR) is 48.4 cm³/mol. The largest absolute Gasteiger partial charge is 0.545 e. The lowest BCUT2D eigenvalue weighted by molar-refractivity contribution is -0.385. The first-order valence-corrected chi connectivity index (χ1v) is 3.55. The highest BCUT2D eigenvalue weighted by Crippen LogP contribution is 2.21. The molecule has 4 N–H and O–H groups in total. The van der Waals surface area contributed by atoms with E-state index in [0.29, 0.717) is 0 Å². The van der Waals surface area contributed by atoms with E-state index in [0.717, 1.165) is 18.2 Å². The van der Waals surface area contributed by atoms with Crippen molar-refractivity contribution in [1.82, 2.24) is 6.15 Å². The highest BCUT2D eigenvalue weighted by Gasteiger charge is 2.09. The van der Waals surface area contributed by atoms with Crippen LogP contribution in [0.5, 0.6) is 0 Å². The number of rotatable bonds is 2. The number of nitro benzene ring substituents is 1. The highest BCUT2D eigenvalue weighted by atomic mass is 35.5. The van der Waals surface area contributed by atoms with E-state index in [1.54, 1.807) is 0 Å². The Balaban J connectivity index is 0.00000169. The van der Waals surface area contributed by atoms with Crippen LogP contribution in [0.15, 0.2) is 18.2 Å². The SMILES string of the molecule is O=C([O-])c1cc([N+](=O)[O-])ccc1Cl.[NH4+]. The Labute approximate surface area is 83.8 Å². The van der Waals surface area contributed by atoms with Crippen molar-refractivity contribution in [3.05, 3.63) is 38.9 Å². The minimum absolute atomic E-state index is 0. The maximum absolute atomic E-state index is 10.4. The van der Waals surface area contributed by atoms with Gasteiger partial charge in [0.1, 0.15) is 0 Å². The molecule has 0 unspecified atom stereocenters. The molecule has 0 spiro atoms. The molecule has 1 rings (SSSR count). The van der Waals surface area contributed by atoms with Gasteiger partial charge in [-0.05, 0) is 6.07 Å². The van der Waals surface area contributed by atoms with Gasteiger partial charge in [-0.15, -0.1) is 0 Å². The third-order valence-corrected chi connectivity index (χ3v) is 1.71. The van der Waals surface area contributed by atoms with E-state index in [4.69, 9.17) is 11.6 Å². The molecule has 0 aliphatic heterocycles. The topological polar surface area (TPSA) is 120 Å². The van der Waals surface area contributed by atoms with Crippen LogP contribution < -0.4 is 11.3 Å². The summed E-state index contributed by atoms with van der Waals surface area (Å²) in [4.78, 5) is 19.9. The number of carbonyl (C=O) groups excluding carboxylic acids is 1. The second kappa shape index (κ2) is 4.54. The number of hydrogen-bond donors (Lipinski definition) is 1. The third kappa shape index (κ3) is 2.41. The van der Waals surface area contributed by atoms with Crippen molar-refractivity contribution in [2.75, 3.05) is 0 Å². The molecule has 1 aromatic carbocycles. The number of quaternary nitrogens is 1. The Morgan fingerprint density at radius 1 is 1.43 bits per heavy atom. The average molecular weight is 219 g/mol. The van der Waals surface area contributed by atoms with E-state index >= 15 is 0 Å². The van der Waals surface area contributed by atoms with E-state index in [9.17, 15) is 20.0 Å². The number of carboxylic acid groups (broad SMARTS) is 1. The lowest BCUT2D eigenvalue weighted by Crippen LogP contribution is -2.22. The molecule has 0 bridgehead atoms. The second-order valence-corrected chi connectivity index (χ2v) is 2.62. The minimum atomic E-state index is -1.53. The van der Waals surface area contributed by atoms with Crippen LogP contribution in [0.3, 0.4) is 0 Å². The number of non-ortho nitro benzene ring substituents is 1. The summed E-state index contributed by atoms with van der Waals surface area (Å²) in [5.74, 6) is -1.53. The first kappa shape index (κ1) is 12.3. The zero-order chi connectivity index (χ0) is 10.0. The van der Waals surface area contributed by atoms with Gasteiger partial charge in [-0.3, -0.25) is 10.1 Å². The van der Waals surface area contributed by atoms with Crippen LogP contribution in [0.25, 0.3) is 0 Å². The van der Waals surface area contributed by atoms with E-state index in [1.165, 1.54) is 0 Å². The van der Waals surface area contributed by atoms with Gasteiger partial charge in [-0.1, -0.05) is 11.6 Å². The van der Waals surface area contributed by atoms with Gasteiger partial charge in [0.05, 0.1) is 15.9 Å². The predicted octanol–water partition coefficient (Wildman–Crippen LogP) is 0.988. The number of halogens is 1. The number of nitrogens with zero attached hydrogens (tertiary/aromatic N) is 1. The second-order valence-electron chi connectivity index (χ2n) is 2.21. The van der Waals surface area contributed by atoms with Crippen LogP contribution in [0.1, 0.15) is 10.4 Å². The number of nitro groups is 1. The molecule has 0 amide bonds. The first-order chi connectivity index (χ1) is 6.02. The molecule has 0 radical (unpaired) electrons. The Bertz CT molecular complexity index is 380. The summed E-state index contributed by atoms with van der Waals surface area (Å²) in [5, 5.41) is 20.5. The summed E-state index contributed by atoms with van der Waals surface area (Å²) in [7, 11) is 0. The molecule has 7 heteroatoms. The van der Waals surface area contributed by atoms with Crippen molar-refractivity contribution in [3.63, 3.8) is 0 Å². The summed E-state index contributed by atoms with van der Waals surface area (Å²) in [6, 6.07) is 3.12. The van der Waals surface area contributed by atoms with E-state index < -0.39 is 10.9 Å². The molecular formula is C7H7ClN2O4. The van der Waals surface area contributed by atoms with Crippen molar-refractivity contribution in [1.29, 1.82) is 0 Å². The van der Waals surface area contributed by atoms with Gasteiger partial charge >= 0.3 is 0 Å². The number of benzene rings is 1. The summed E-state index contributed by atoms with van der Waals surface area (Å²) in [5.41, 5.74) is -0.709. The Kier molecular flexibility index (Phi) is 4.00. The van der Waals surface area contributed by atoms with Crippen molar-refractivity contribution in [2.24, 2.45) is 0 Å². The Morgan fingerprint density at radius 3 is 2.43 bits per heavy atom. The van der Waals surface area contributed by atoms with Crippen molar-refractivity contribution < 1.29 is 14.8 Å². The number of hydrogen-bond acceptors (Lipinski definition) is 4. The fourth-order valence-corrected chi connectivity index (χ4v) is 0.978. The van der Waals surface area contributed by atoms with Gasteiger partial charge in [0.25, 0.3) is 5.69 Å². The van der Waals surface area contributed by atoms with Gasteiger partial charge in [-0.25, -0.2) is 0 Å². The van der Waals surface area contributed by atoms with Crippen LogP contribution >= 0.6 is 11.6 Å². The zero-order valence-corrected chi connectivity index (χ0v) is 7.95. The quantitative estimate of drug-likeness (QED) is 0.588. The fraction of sp³-hybridized carbons (Fsp3) is 0. The summed E-state index contributed by atoms with van der Waals surface area (Å²) < 4.78 is 0. The van der Waals surface area contributed by atoms with Crippen LogP contribution in [-0.4, -0.2) is 10.9 Å². The Hall–Kier alpha value is -1.66. The van der Waals surface area contributed by atoms with Crippen LogP contribution in [-0.2, 0) is 0 Å². The van der Waals surface area contributed by atoms with Crippen LogP contribution in [0, 0.1) is 10.1 Å². The number of carboxylic acids is 1. The van der Waals surface area contributed by atoms with Gasteiger partial charge < -0.3 is 16.1 Å². The van der Waals surface area contributed by atoms with Crippen molar-refractivity contribution >= 4 is 23.3 Å². The highest BCUT2D eigenvalue weighted by molar-refractivity contribution is 6.33. The van der Waals surface area contributed by atoms with Gasteiger partial charge in [0, 0.05) is 17.7 Å². The van der Waals surface area contributed by atoms with E-state index in [2.05, 4.69) is 0 Å². The normalized spacial score (nSPS) is 8.93. The molecule has 0 saturated carbocycles. The van der Waals surface area contributed by atoms with E-state index in [1.807, 2.05) is 0 Å². The molecule has 76 valence electrons. The van der Waals surface area contributed by atoms with Gasteiger partial charge in [0.15, 0.2) is 0 Å². The van der Waals surface area contributed by atoms with Crippen LogP contribution in [0.4, 0.5) is 5.69 Å². The maximum Gasteiger partial charge on any atom is 0.270 e. The standard InChI is InChI=1S/C7H4ClNO4.H3N/c8-6-2-1-4(9(12)13)3-5(6)7(10)11;/h1-3H,(H,10,11);1H3. The molecule has 0 heterocycles. The maximum atomic E-state index is 10.4. The molecule has 0 aliphatic rings. The molecule has 0 aromatic heterocycles. The number of carbonyl (C=O) groups is 1. The van der Waals surface area contributed by atoms with Crippen molar-refractivity contribution in [2.45, 2.75) is 0 Å².